The second kappa shape index (κ2) is 6.01. The average Bonchev–Trinajstić information content (AvgIpc) is 2.78. The zero-order valence-electron chi connectivity index (χ0n) is 11.2. The average molecular weight is 246 g/mol. The summed E-state index contributed by atoms with van der Waals surface area (Å²) in [5, 5.41) is 6.26. The van der Waals surface area contributed by atoms with Crippen LogP contribution >= 0.6 is 0 Å². The van der Waals surface area contributed by atoms with Gasteiger partial charge in [0.1, 0.15) is 0 Å². The fraction of sp³-hybridized carbons (Fsp3) is 0.533. The highest BCUT2D eigenvalue weighted by molar-refractivity contribution is 5.93. The lowest BCUT2D eigenvalue weighted by atomic mass is 9.97. The van der Waals surface area contributed by atoms with Crippen LogP contribution in [-0.2, 0) is 11.2 Å². The summed E-state index contributed by atoms with van der Waals surface area (Å²) in [6.07, 6.45) is 2.24. The molecule has 0 spiro atoms. The van der Waals surface area contributed by atoms with E-state index in [2.05, 4.69) is 36.6 Å². The van der Waals surface area contributed by atoms with E-state index in [9.17, 15) is 4.79 Å². The molecule has 3 heteroatoms. The molecule has 1 saturated heterocycles. The van der Waals surface area contributed by atoms with E-state index in [0.717, 1.165) is 31.6 Å². The highest BCUT2D eigenvalue weighted by Gasteiger charge is 2.29. The summed E-state index contributed by atoms with van der Waals surface area (Å²) in [6, 6.07) is 8.18. The van der Waals surface area contributed by atoms with Gasteiger partial charge in [0.15, 0.2) is 0 Å². The van der Waals surface area contributed by atoms with Crippen molar-refractivity contribution in [3.05, 3.63) is 29.8 Å². The van der Waals surface area contributed by atoms with Gasteiger partial charge in [0.25, 0.3) is 0 Å². The second-order valence-electron chi connectivity index (χ2n) is 5.18. The minimum Gasteiger partial charge on any atom is -0.326 e. The number of carbonyl (C=O) groups is 1. The number of benzene rings is 1. The number of nitrogens with one attached hydrogen (secondary N) is 2. The number of hydrogen-bond donors (Lipinski definition) is 2. The summed E-state index contributed by atoms with van der Waals surface area (Å²) in [4.78, 5) is 12.1. The first-order valence-corrected chi connectivity index (χ1v) is 6.81. The van der Waals surface area contributed by atoms with Crippen LogP contribution in [0.15, 0.2) is 24.3 Å². The molecule has 0 saturated carbocycles. The highest BCUT2D eigenvalue weighted by atomic mass is 16.1. The molecule has 1 aliphatic heterocycles. The second-order valence-corrected chi connectivity index (χ2v) is 5.18. The lowest BCUT2D eigenvalue weighted by molar-refractivity contribution is -0.120. The Balaban J connectivity index is 1.94. The van der Waals surface area contributed by atoms with Crippen LogP contribution in [0.3, 0.4) is 0 Å². The number of rotatable bonds is 4. The van der Waals surface area contributed by atoms with Crippen molar-refractivity contribution in [3.63, 3.8) is 0 Å². The van der Waals surface area contributed by atoms with E-state index in [4.69, 9.17) is 0 Å². The summed E-state index contributed by atoms with van der Waals surface area (Å²) >= 11 is 0. The Morgan fingerprint density at radius 3 is 2.61 bits per heavy atom. The Kier molecular flexibility index (Phi) is 4.37. The van der Waals surface area contributed by atoms with Gasteiger partial charge in [0, 0.05) is 12.2 Å². The van der Waals surface area contributed by atoms with Gasteiger partial charge in [0.2, 0.25) is 5.91 Å². The fourth-order valence-corrected chi connectivity index (χ4v) is 2.44. The van der Waals surface area contributed by atoms with Gasteiger partial charge < -0.3 is 10.6 Å². The minimum absolute atomic E-state index is 0.0975. The third kappa shape index (κ3) is 3.10. The van der Waals surface area contributed by atoms with E-state index in [1.807, 2.05) is 12.1 Å². The van der Waals surface area contributed by atoms with E-state index >= 15 is 0 Å². The molecule has 3 nitrogen and oxygen atoms in total. The van der Waals surface area contributed by atoms with Crippen molar-refractivity contribution in [2.24, 2.45) is 11.8 Å². The quantitative estimate of drug-likeness (QED) is 0.856. The van der Waals surface area contributed by atoms with Gasteiger partial charge in [-0.3, -0.25) is 4.79 Å². The standard InChI is InChI=1S/C15H22N2O/c1-3-4-12-5-7-13(8-6-12)17-15(18)14-10-16-9-11(14)2/h5-8,11,14,16H,3-4,9-10H2,1-2H3,(H,17,18). The molecule has 2 N–H and O–H groups in total. The maximum atomic E-state index is 12.1. The summed E-state index contributed by atoms with van der Waals surface area (Å²) in [6.45, 7) is 6.02. The predicted molar refractivity (Wildman–Crippen MR) is 74.6 cm³/mol. The molecule has 0 aliphatic carbocycles. The molecule has 1 amide bonds. The lowest BCUT2D eigenvalue weighted by Crippen LogP contribution is -2.27. The Morgan fingerprint density at radius 2 is 2.06 bits per heavy atom. The number of aryl methyl sites for hydroxylation is 1. The molecular weight excluding hydrogens is 224 g/mol. The fourth-order valence-electron chi connectivity index (χ4n) is 2.44. The van der Waals surface area contributed by atoms with E-state index in [-0.39, 0.29) is 11.8 Å². The van der Waals surface area contributed by atoms with Crippen molar-refractivity contribution in [3.8, 4) is 0 Å². The number of hydrogen-bond acceptors (Lipinski definition) is 2. The maximum Gasteiger partial charge on any atom is 0.229 e. The molecule has 0 bridgehead atoms. The SMILES string of the molecule is CCCc1ccc(NC(=O)C2CNCC2C)cc1. The predicted octanol–water partition coefficient (Wildman–Crippen LogP) is 2.43. The van der Waals surface area contributed by atoms with Crippen LogP contribution in [-0.4, -0.2) is 19.0 Å². The maximum absolute atomic E-state index is 12.1. The summed E-state index contributed by atoms with van der Waals surface area (Å²) < 4.78 is 0. The molecule has 2 unspecified atom stereocenters. The van der Waals surface area contributed by atoms with Gasteiger partial charge in [-0.25, -0.2) is 0 Å². The monoisotopic (exact) mass is 246 g/mol. The molecule has 1 aromatic carbocycles. The lowest BCUT2D eigenvalue weighted by Gasteiger charge is -2.14. The van der Waals surface area contributed by atoms with Crippen molar-refractivity contribution in [2.45, 2.75) is 26.7 Å². The minimum atomic E-state index is 0.0975. The van der Waals surface area contributed by atoms with Crippen LogP contribution in [0.2, 0.25) is 0 Å². The zero-order chi connectivity index (χ0) is 13.0. The zero-order valence-corrected chi connectivity index (χ0v) is 11.2. The highest BCUT2D eigenvalue weighted by Crippen LogP contribution is 2.19. The Hall–Kier alpha value is -1.35. The molecule has 2 atom stereocenters. The van der Waals surface area contributed by atoms with E-state index in [0.29, 0.717) is 5.92 Å². The Labute approximate surface area is 109 Å². The molecular formula is C15H22N2O. The normalized spacial score (nSPS) is 23.0. The van der Waals surface area contributed by atoms with Crippen LogP contribution in [0.4, 0.5) is 5.69 Å². The van der Waals surface area contributed by atoms with Gasteiger partial charge in [-0.1, -0.05) is 32.4 Å². The first-order chi connectivity index (χ1) is 8.70. The Bertz CT molecular complexity index is 399. The van der Waals surface area contributed by atoms with Crippen LogP contribution in [0.25, 0.3) is 0 Å². The number of anilines is 1. The van der Waals surface area contributed by atoms with E-state index in [1.54, 1.807) is 0 Å². The molecule has 2 rings (SSSR count). The number of carbonyl (C=O) groups excluding carboxylic acids is 1. The largest absolute Gasteiger partial charge is 0.326 e. The van der Waals surface area contributed by atoms with Crippen molar-refractivity contribution in [1.82, 2.24) is 5.32 Å². The molecule has 0 aromatic heterocycles. The topological polar surface area (TPSA) is 41.1 Å². The third-order valence-corrected chi connectivity index (χ3v) is 3.61. The summed E-state index contributed by atoms with van der Waals surface area (Å²) in [5.41, 5.74) is 2.23. The van der Waals surface area contributed by atoms with E-state index in [1.165, 1.54) is 5.56 Å². The van der Waals surface area contributed by atoms with Gasteiger partial charge in [0.05, 0.1) is 5.92 Å². The molecule has 1 fully saturated rings. The van der Waals surface area contributed by atoms with Crippen LogP contribution in [0.1, 0.15) is 25.8 Å². The van der Waals surface area contributed by atoms with Crippen LogP contribution in [0.5, 0.6) is 0 Å². The smallest absolute Gasteiger partial charge is 0.229 e. The van der Waals surface area contributed by atoms with E-state index < -0.39 is 0 Å². The van der Waals surface area contributed by atoms with Crippen LogP contribution < -0.4 is 10.6 Å². The van der Waals surface area contributed by atoms with Crippen molar-refractivity contribution < 1.29 is 4.79 Å². The Morgan fingerprint density at radius 1 is 1.33 bits per heavy atom. The van der Waals surface area contributed by atoms with Crippen molar-refractivity contribution >= 4 is 11.6 Å². The third-order valence-electron chi connectivity index (χ3n) is 3.61. The molecule has 98 valence electrons. The first kappa shape index (κ1) is 13.1. The van der Waals surface area contributed by atoms with Gasteiger partial charge in [-0.2, -0.15) is 0 Å². The summed E-state index contributed by atoms with van der Waals surface area (Å²) in [5.74, 6) is 0.653. The molecule has 1 heterocycles. The van der Waals surface area contributed by atoms with Gasteiger partial charge in [-0.15, -0.1) is 0 Å². The molecule has 0 radical (unpaired) electrons. The van der Waals surface area contributed by atoms with Gasteiger partial charge >= 0.3 is 0 Å². The molecule has 1 aromatic rings. The first-order valence-electron chi connectivity index (χ1n) is 6.81. The van der Waals surface area contributed by atoms with Crippen molar-refractivity contribution in [1.29, 1.82) is 0 Å². The van der Waals surface area contributed by atoms with Crippen molar-refractivity contribution in [2.75, 3.05) is 18.4 Å². The van der Waals surface area contributed by atoms with Crippen LogP contribution in [0, 0.1) is 11.8 Å². The molecule has 1 aliphatic rings. The van der Waals surface area contributed by atoms with Gasteiger partial charge in [-0.05, 0) is 36.6 Å². The number of amides is 1. The summed E-state index contributed by atoms with van der Waals surface area (Å²) in [7, 11) is 0. The molecule has 18 heavy (non-hydrogen) atoms.